The van der Waals surface area contributed by atoms with Crippen LogP contribution in [-0.4, -0.2) is 24.3 Å². The second-order valence-corrected chi connectivity index (χ2v) is 5.63. The zero-order chi connectivity index (χ0) is 18.8. The van der Waals surface area contributed by atoms with Crippen molar-refractivity contribution < 1.29 is 18.8 Å². The molecular weight excluding hydrogens is 337 g/mol. The van der Waals surface area contributed by atoms with Crippen molar-refractivity contribution in [3.05, 3.63) is 71.5 Å². The molecule has 0 aliphatic carbocycles. The summed E-state index contributed by atoms with van der Waals surface area (Å²) >= 11 is 0. The monoisotopic (exact) mass is 357 g/mol. The first-order valence-corrected chi connectivity index (χ1v) is 8.20. The van der Waals surface area contributed by atoms with Crippen LogP contribution >= 0.6 is 0 Å². The number of rotatable bonds is 7. The van der Waals surface area contributed by atoms with Crippen molar-refractivity contribution in [1.82, 2.24) is 16.2 Å². The highest BCUT2D eigenvalue weighted by Crippen LogP contribution is 2.03. The van der Waals surface area contributed by atoms with Gasteiger partial charge in [-0.05, 0) is 36.2 Å². The predicted octanol–water partition coefficient (Wildman–Crippen LogP) is 1.73. The molecule has 3 amide bonds. The highest BCUT2D eigenvalue weighted by atomic mass is 19.1. The molecule has 0 saturated heterocycles. The Morgan fingerprint density at radius 1 is 0.846 bits per heavy atom. The van der Waals surface area contributed by atoms with Gasteiger partial charge in [-0.1, -0.05) is 30.3 Å². The molecule has 0 saturated carbocycles. The van der Waals surface area contributed by atoms with E-state index in [2.05, 4.69) is 16.2 Å². The lowest BCUT2D eigenvalue weighted by atomic mass is 10.1. The summed E-state index contributed by atoms with van der Waals surface area (Å²) in [6.45, 7) is 0.352. The lowest BCUT2D eigenvalue weighted by Gasteiger charge is -2.08. The largest absolute Gasteiger partial charge is 0.352 e. The summed E-state index contributed by atoms with van der Waals surface area (Å²) in [4.78, 5) is 35.2. The fraction of sp³-hybridized carbons (Fsp3) is 0.211. The summed E-state index contributed by atoms with van der Waals surface area (Å²) in [5.74, 6) is -1.32. The van der Waals surface area contributed by atoms with Gasteiger partial charge in [-0.25, -0.2) is 4.39 Å². The number of carbonyl (C=O) groups is 3. The molecule has 136 valence electrons. The van der Waals surface area contributed by atoms with Crippen molar-refractivity contribution in [2.24, 2.45) is 0 Å². The van der Waals surface area contributed by atoms with Crippen molar-refractivity contribution >= 4 is 17.7 Å². The molecule has 3 N–H and O–H groups in total. The van der Waals surface area contributed by atoms with Gasteiger partial charge in [-0.2, -0.15) is 0 Å². The Morgan fingerprint density at radius 3 is 2.19 bits per heavy atom. The van der Waals surface area contributed by atoms with Gasteiger partial charge in [0.1, 0.15) is 5.82 Å². The predicted molar refractivity (Wildman–Crippen MR) is 94.4 cm³/mol. The summed E-state index contributed by atoms with van der Waals surface area (Å²) in [5, 5.41) is 2.72. The molecule has 0 aliphatic rings. The normalized spacial score (nSPS) is 10.0. The molecule has 0 atom stereocenters. The van der Waals surface area contributed by atoms with Crippen LogP contribution in [0, 0.1) is 5.82 Å². The van der Waals surface area contributed by atoms with Gasteiger partial charge in [-0.3, -0.25) is 25.2 Å². The maximum atomic E-state index is 12.8. The molecule has 0 aromatic heterocycles. The van der Waals surface area contributed by atoms with E-state index in [0.29, 0.717) is 24.1 Å². The molecule has 7 heteroatoms. The quantitative estimate of drug-likeness (QED) is 0.521. The molecule has 2 aromatic carbocycles. The Hall–Kier alpha value is -3.22. The van der Waals surface area contributed by atoms with E-state index in [9.17, 15) is 18.8 Å². The Morgan fingerprint density at radius 2 is 1.50 bits per heavy atom. The average Bonchev–Trinajstić information content (AvgIpc) is 2.66. The van der Waals surface area contributed by atoms with Gasteiger partial charge >= 0.3 is 0 Å². The van der Waals surface area contributed by atoms with Crippen LogP contribution in [0.25, 0.3) is 0 Å². The zero-order valence-electron chi connectivity index (χ0n) is 14.1. The first-order valence-electron chi connectivity index (χ1n) is 8.20. The summed E-state index contributed by atoms with van der Waals surface area (Å²) in [6, 6.07) is 14.3. The first-order chi connectivity index (χ1) is 12.5. The lowest BCUT2D eigenvalue weighted by Crippen LogP contribution is -2.42. The van der Waals surface area contributed by atoms with E-state index in [1.165, 1.54) is 24.3 Å². The van der Waals surface area contributed by atoms with E-state index in [4.69, 9.17) is 0 Å². The second kappa shape index (κ2) is 9.93. The molecule has 0 unspecified atom stereocenters. The number of hydrogen-bond acceptors (Lipinski definition) is 3. The minimum atomic E-state index is -0.401. The van der Waals surface area contributed by atoms with E-state index in [1.54, 1.807) is 24.3 Å². The number of carbonyl (C=O) groups excluding carboxylic acids is 3. The van der Waals surface area contributed by atoms with E-state index in [0.717, 1.165) is 0 Å². The van der Waals surface area contributed by atoms with E-state index in [-0.39, 0.29) is 30.5 Å². The molecule has 2 rings (SSSR count). The minimum Gasteiger partial charge on any atom is -0.352 e. The smallest absolute Gasteiger partial charge is 0.251 e. The van der Waals surface area contributed by atoms with Crippen LogP contribution < -0.4 is 16.2 Å². The fourth-order valence-electron chi connectivity index (χ4n) is 2.18. The molecule has 0 aliphatic heterocycles. The van der Waals surface area contributed by atoms with Crippen molar-refractivity contribution in [3.63, 3.8) is 0 Å². The van der Waals surface area contributed by atoms with Crippen molar-refractivity contribution in [2.75, 3.05) is 6.54 Å². The maximum Gasteiger partial charge on any atom is 0.251 e. The third-order valence-corrected chi connectivity index (χ3v) is 3.52. The van der Waals surface area contributed by atoms with Crippen LogP contribution in [0.3, 0.4) is 0 Å². The molecule has 2 aromatic rings. The topological polar surface area (TPSA) is 87.3 Å². The van der Waals surface area contributed by atoms with E-state index >= 15 is 0 Å². The first kappa shape index (κ1) is 19.1. The second-order valence-electron chi connectivity index (χ2n) is 5.63. The molecule has 0 spiro atoms. The van der Waals surface area contributed by atoms with Crippen LogP contribution in [0.1, 0.15) is 28.8 Å². The number of benzene rings is 2. The van der Waals surface area contributed by atoms with Gasteiger partial charge in [0, 0.05) is 18.5 Å². The number of amides is 3. The van der Waals surface area contributed by atoms with Crippen LogP contribution in [0.2, 0.25) is 0 Å². The molecule has 0 heterocycles. The van der Waals surface area contributed by atoms with Crippen molar-refractivity contribution in [1.29, 1.82) is 0 Å². The van der Waals surface area contributed by atoms with Crippen LogP contribution in [0.15, 0.2) is 54.6 Å². The highest BCUT2D eigenvalue weighted by Gasteiger charge is 2.07. The fourth-order valence-corrected chi connectivity index (χ4v) is 2.18. The van der Waals surface area contributed by atoms with Gasteiger partial charge in [0.05, 0.1) is 6.42 Å². The van der Waals surface area contributed by atoms with Gasteiger partial charge in [0.15, 0.2) is 0 Å². The standard InChI is InChI=1S/C19H20FN3O3/c20-16-10-8-14(9-11-16)13-18(25)23-22-17(24)7-4-12-21-19(26)15-5-2-1-3-6-15/h1-3,5-6,8-11H,4,7,12-13H2,(H,21,26)(H,22,24)(H,23,25). The van der Waals surface area contributed by atoms with Gasteiger partial charge in [-0.15, -0.1) is 0 Å². The molecular formula is C19H20FN3O3. The summed E-state index contributed by atoms with van der Waals surface area (Å²) in [7, 11) is 0. The average molecular weight is 357 g/mol. The van der Waals surface area contributed by atoms with E-state index < -0.39 is 5.91 Å². The molecule has 26 heavy (non-hydrogen) atoms. The van der Waals surface area contributed by atoms with Gasteiger partial charge in [0.2, 0.25) is 11.8 Å². The molecule has 0 fully saturated rings. The SMILES string of the molecule is O=C(CCCNC(=O)c1ccccc1)NNC(=O)Cc1ccc(F)cc1. The number of halogens is 1. The van der Waals surface area contributed by atoms with Gasteiger partial charge < -0.3 is 5.32 Å². The van der Waals surface area contributed by atoms with Crippen LogP contribution in [-0.2, 0) is 16.0 Å². The van der Waals surface area contributed by atoms with Gasteiger partial charge in [0.25, 0.3) is 5.91 Å². The molecule has 0 bridgehead atoms. The molecule has 6 nitrogen and oxygen atoms in total. The van der Waals surface area contributed by atoms with E-state index in [1.807, 2.05) is 6.07 Å². The minimum absolute atomic E-state index is 0.0354. The highest BCUT2D eigenvalue weighted by molar-refractivity contribution is 5.94. The number of hydrogen-bond donors (Lipinski definition) is 3. The third kappa shape index (κ3) is 6.72. The summed E-state index contributed by atoms with van der Waals surface area (Å²) < 4.78 is 12.8. The Balaban J connectivity index is 1.59. The van der Waals surface area contributed by atoms with Crippen molar-refractivity contribution in [3.8, 4) is 0 Å². The Bertz CT molecular complexity index is 748. The number of nitrogens with one attached hydrogen (secondary N) is 3. The summed E-state index contributed by atoms with van der Waals surface area (Å²) in [6.07, 6.45) is 0.637. The summed E-state index contributed by atoms with van der Waals surface area (Å²) in [5.41, 5.74) is 5.81. The third-order valence-electron chi connectivity index (χ3n) is 3.52. The van der Waals surface area contributed by atoms with Crippen molar-refractivity contribution in [2.45, 2.75) is 19.3 Å². The maximum absolute atomic E-state index is 12.8. The molecule has 0 radical (unpaired) electrons. The van der Waals surface area contributed by atoms with Crippen LogP contribution in [0.5, 0.6) is 0 Å². The van der Waals surface area contributed by atoms with Crippen LogP contribution in [0.4, 0.5) is 4.39 Å². The number of hydrazine groups is 1. The Kier molecular flexibility index (Phi) is 7.30. The Labute approximate surface area is 150 Å². The lowest BCUT2D eigenvalue weighted by molar-refractivity contribution is -0.128. The zero-order valence-corrected chi connectivity index (χ0v) is 14.1.